The molecule has 3 rings (SSSR count). The first-order valence-electron chi connectivity index (χ1n) is 8.06. The van der Waals surface area contributed by atoms with E-state index in [0.29, 0.717) is 5.91 Å². The standard InChI is InChI=1S/C16H26N4O/c1-16(5-6-16)15(21)20-9-3-8-19(12-13-20)10-4-14-17-7-11-18(14)2/h7,11H,3-6,8-10,12-13H2,1-2H3. The fourth-order valence-corrected chi connectivity index (χ4v) is 3.08. The van der Waals surface area contributed by atoms with E-state index in [4.69, 9.17) is 0 Å². The van der Waals surface area contributed by atoms with Crippen LogP contribution >= 0.6 is 0 Å². The molecule has 5 heteroatoms. The second-order valence-corrected chi connectivity index (χ2v) is 6.75. The van der Waals surface area contributed by atoms with E-state index in [1.807, 2.05) is 19.4 Å². The molecule has 0 spiro atoms. The van der Waals surface area contributed by atoms with Crippen LogP contribution in [0.4, 0.5) is 0 Å². The minimum Gasteiger partial charge on any atom is -0.341 e. The summed E-state index contributed by atoms with van der Waals surface area (Å²) in [5.74, 6) is 1.52. The summed E-state index contributed by atoms with van der Waals surface area (Å²) in [6, 6.07) is 0. The molecule has 2 fully saturated rings. The van der Waals surface area contributed by atoms with Crippen LogP contribution in [0.1, 0.15) is 32.0 Å². The molecule has 1 aliphatic carbocycles. The number of carbonyl (C=O) groups excluding carboxylic acids is 1. The van der Waals surface area contributed by atoms with Crippen molar-refractivity contribution in [2.75, 3.05) is 32.7 Å². The van der Waals surface area contributed by atoms with Crippen molar-refractivity contribution < 1.29 is 4.79 Å². The highest BCUT2D eigenvalue weighted by Gasteiger charge is 2.47. The maximum atomic E-state index is 12.4. The quantitative estimate of drug-likeness (QED) is 0.839. The maximum absolute atomic E-state index is 12.4. The van der Waals surface area contributed by atoms with Crippen molar-refractivity contribution in [3.05, 3.63) is 18.2 Å². The monoisotopic (exact) mass is 290 g/mol. The molecule has 116 valence electrons. The summed E-state index contributed by atoms with van der Waals surface area (Å²) in [5, 5.41) is 0. The number of hydrogen-bond acceptors (Lipinski definition) is 3. The third-order valence-corrected chi connectivity index (χ3v) is 4.96. The zero-order chi connectivity index (χ0) is 14.9. The van der Waals surface area contributed by atoms with E-state index in [-0.39, 0.29) is 5.41 Å². The molecule has 1 saturated heterocycles. The number of carbonyl (C=O) groups is 1. The average Bonchev–Trinajstić information content (AvgIpc) is 3.16. The Labute approximate surface area is 126 Å². The molecule has 1 aliphatic heterocycles. The zero-order valence-electron chi connectivity index (χ0n) is 13.2. The van der Waals surface area contributed by atoms with Gasteiger partial charge in [-0.05, 0) is 25.8 Å². The lowest BCUT2D eigenvalue weighted by Crippen LogP contribution is -2.39. The maximum Gasteiger partial charge on any atom is 0.228 e. The van der Waals surface area contributed by atoms with Crippen molar-refractivity contribution >= 4 is 5.91 Å². The van der Waals surface area contributed by atoms with Crippen LogP contribution in [0.15, 0.2) is 12.4 Å². The normalized spacial score (nSPS) is 22.1. The summed E-state index contributed by atoms with van der Waals surface area (Å²) >= 11 is 0. The molecule has 5 nitrogen and oxygen atoms in total. The minimum atomic E-state index is -0.0257. The van der Waals surface area contributed by atoms with E-state index in [1.165, 1.54) is 0 Å². The van der Waals surface area contributed by atoms with Gasteiger partial charge in [-0.15, -0.1) is 0 Å². The largest absolute Gasteiger partial charge is 0.341 e. The van der Waals surface area contributed by atoms with Gasteiger partial charge >= 0.3 is 0 Å². The molecule has 0 N–H and O–H groups in total. The number of nitrogens with zero attached hydrogens (tertiary/aromatic N) is 4. The Morgan fingerprint density at radius 2 is 2.10 bits per heavy atom. The van der Waals surface area contributed by atoms with Gasteiger partial charge in [0, 0.05) is 57.5 Å². The van der Waals surface area contributed by atoms with E-state index in [0.717, 1.165) is 64.2 Å². The van der Waals surface area contributed by atoms with Gasteiger partial charge in [-0.1, -0.05) is 6.92 Å². The number of aromatic nitrogens is 2. The second-order valence-electron chi connectivity index (χ2n) is 6.75. The first kappa shape index (κ1) is 14.6. The van der Waals surface area contributed by atoms with E-state index in [9.17, 15) is 4.79 Å². The summed E-state index contributed by atoms with van der Waals surface area (Å²) in [7, 11) is 2.04. The predicted octanol–water partition coefficient (Wildman–Crippen LogP) is 1.30. The van der Waals surface area contributed by atoms with E-state index >= 15 is 0 Å². The lowest BCUT2D eigenvalue weighted by molar-refractivity contribution is -0.136. The van der Waals surface area contributed by atoms with Gasteiger partial charge in [0.15, 0.2) is 0 Å². The van der Waals surface area contributed by atoms with Gasteiger partial charge in [0.1, 0.15) is 5.82 Å². The lowest BCUT2D eigenvalue weighted by atomic mass is 10.1. The predicted molar refractivity (Wildman–Crippen MR) is 81.9 cm³/mol. The number of imidazole rings is 1. The highest BCUT2D eigenvalue weighted by Crippen LogP contribution is 2.46. The Bertz CT molecular complexity index is 506. The molecule has 21 heavy (non-hydrogen) atoms. The van der Waals surface area contributed by atoms with Gasteiger partial charge in [-0.3, -0.25) is 4.79 Å². The summed E-state index contributed by atoms with van der Waals surface area (Å²) in [6.07, 6.45) is 8.07. The Morgan fingerprint density at radius 3 is 2.76 bits per heavy atom. The number of hydrogen-bond donors (Lipinski definition) is 0. The zero-order valence-corrected chi connectivity index (χ0v) is 13.2. The molecular formula is C16H26N4O. The van der Waals surface area contributed by atoms with Crippen molar-refractivity contribution in [3.8, 4) is 0 Å². The van der Waals surface area contributed by atoms with Crippen LogP contribution in [-0.2, 0) is 18.3 Å². The van der Waals surface area contributed by atoms with Gasteiger partial charge < -0.3 is 14.4 Å². The molecular weight excluding hydrogens is 264 g/mol. The highest BCUT2D eigenvalue weighted by molar-refractivity contribution is 5.84. The summed E-state index contributed by atoms with van der Waals surface area (Å²) < 4.78 is 2.08. The Hall–Kier alpha value is -1.36. The Kier molecular flexibility index (Phi) is 4.02. The van der Waals surface area contributed by atoms with Crippen LogP contribution in [0, 0.1) is 5.41 Å². The second kappa shape index (κ2) is 5.79. The van der Waals surface area contributed by atoms with Crippen molar-refractivity contribution in [3.63, 3.8) is 0 Å². The number of amides is 1. The van der Waals surface area contributed by atoms with E-state index in [1.54, 1.807) is 0 Å². The van der Waals surface area contributed by atoms with Crippen LogP contribution in [0.25, 0.3) is 0 Å². The van der Waals surface area contributed by atoms with Crippen LogP contribution in [0.5, 0.6) is 0 Å². The molecule has 1 aromatic rings. The third-order valence-electron chi connectivity index (χ3n) is 4.96. The fourth-order valence-electron chi connectivity index (χ4n) is 3.08. The molecule has 2 aliphatic rings. The van der Waals surface area contributed by atoms with Gasteiger partial charge in [-0.2, -0.15) is 0 Å². The molecule has 1 amide bonds. The van der Waals surface area contributed by atoms with Gasteiger partial charge in [-0.25, -0.2) is 4.98 Å². The summed E-state index contributed by atoms with van der Waals surface area (Å²) in [6.45, 7) is 7.03. The summed E-state index contributed by atoms with van der Waals surface area (Å²) in [4.78, 5) is 21.4. The van der Waals surface area contributed by atoms with Crippen LogP contribution in [0.2, 0.25) is 0 Å². The number of rotatable bonds is 4. The van der Waals surface area contributed by atoms with E-state index in [2.05, 4.69) is 26.3 Å². The Morgan fingerprint density at radius 1 is 1.29 bits per heavy atom. The van der Waals surface area contributed by atoms with Crippen LogP contribution < -0.4 is 0 Å². The molecule has 1 aromatic heterocycles. The molecule has 0 radical (unpaired) electrons. The first-order chi connectivity index (χ1) is 10.1. The van der Waals surface area contributed by atoms with Gasteiger partial charge in [0.25, 0.3) is 0 Å². The molecule has 0 aromatic carbocycles. The SMILES string of the molecule is Cn1ccnc1CCN1CCCN(C(=O)C2(C)CC2)CC1. The van der Waals surface area contributed by atoms with Crippen molar-refractivity contribution in [1.29, 1.82) is 0 Å². The highest BCUT2D eigenvalue weighted by atomic mass is 16.2. The third kappa shape index (κ3) is 3.28. The molecule has 1 saturated carbocycles. The van der Waals surface area contributed by atoms with Crippen molar-refractivity contribution in [2.24, 2.45) is 12.5 Å². The molecule has 0 atom stereocenters. The van der Waals surface area contributed by atoms with Crippen molar-refractivity contribution in [2.45, 2.75) is 32.6 Å². The Balaban J connectivity index is 1.49. The number of aryl methyl sites for hydroxylation is 1. The smallest absolute Gasteiger partial charge is 0.228 e. The fraction of sp³-hybridized carbons (Fsp3) is 0.750. The molecule has 0 unspecified atom stereocenters. The minimum absolute atomic E-state index is 0.0257. The van der Waals surface area contributed by atoms with Gasteiger partial charge in [0.05, 0.1) is 0 Å². The molecule has 2 heterocycles. The first-order valence-corrected chi connectivity index (χ1v) is 8.06. The van der Waals surface area contributed by atoms with Gasteiger partial charge in [0.2, 0.25) is 5.91 Å². The summed E-state index contributed by atoms with van der Waals surface area (Å²) in [5.41, 5.74) is -0.0257. The van der Waals surface area contributed by atoms with Crippen molar-refractivity contribution in [1.82, 2.24) is 19.4 Å². The van der Waals surface area contributed by atoms with Crippen LogP contribution in [-0.4, -0.2) is 58.0 Å². The lowest BCUT2D eigenvalue weighted by Gasteiger charge is -2.24. The topological polar surface area (TPSA) is 41.4 Å². The van der Waals surface area contributed by atoms with E-state index < -0.39 is 0 Å². The van der Waals surface area contributed by atoms with Crippen LogP contribution in [0.3, 0.4) is 0 Å². The average molecular weight is 290 g/mol. The molecule has 0 bridgehead atoms.